The second kappa shape index (κ2) is 5.52. The van der Waals surface area contributed by atoms with E-state index < -0.39 is 0 Å². The molecule has 22 heavy (non-hydrogen) atoms. The Hall–Kier alpha value is -1.66. The Balaban J connectivity index is 1.73. The number of halogens is 1. The van der Waals surface area contributed by atoms with Crippen LogP contribution in [-0.4, -0.2) is 15.7 Å². The van der Waals surface area contributed by atoms with Crippen molar-refractivity contribution < 1.29 is 4.39 Å². The number of aryl methyl sites for hydroxylation is 1. The average molecular weight is 331 g/mol. The van der Waals surface area contributed by atoms with Gasteiger partial charge in [-0.1, -0.05) is 0 Å². The molecule has 3 nitrogen and oxygen atoms in total. The minimum atomic E-state index is -0.188. The number of nitrogens with zero attached hydrogens (tertiary/aromatic N) is 2. The molecule has 2 aromatic heterocycles. The van der Waals surface area contributed by atoms with Gasteiger partial charge in [0.1, 0.15) is 22.8 Å². The molecule has 0 fully saturated rings. The minimum Gasteiger partial charge on any atom is -0.363 e. The van der Waals surface area contributed by atoms with Crippen LogP contribution < -0.4 is 5.32 Å². The second-order valence-corrected chi connectivity index (χ2v) is 7.69. The number of benzene rings is 1. The van der Waals surface area contributed by atoms with Crippen molar-refractivity contribution in [3.8, 4) is 0 Å². The molecule has 1 aliphatic rings. The first-order valence-corrected chi connectivity index (χ1v) is 8.91. The summed E-state index contributed by atoms with van der Waals surface area (Å²) in [6, 6.07) is 7.22. The van der Waals surface area contributed by atoms with Gasteiger partial charge in [0.15, 0.2) is 0 Å². The van der Waals surface area contributed by atoms with Gasteiger partial charge >= 0.3 is 0 Å². The van der Waals surface area contributed by atoms with E-state index in [0.717, 1.165) is 38.7 Å². The predicted molar refractivity (Wildman–Crippen MR) is 90.3 cm³/mol. The van der Waals surface area contributed by atoms with E-state index in [1.807, 2.05) is 6.07 Å². The molecule has 0 amide bonds. The molecule has 3 aromatic rings. The highest BCUT2D eigenvalue weighted by Crippen LogP contribution is 2.39. The lowest BCUT2D eigenvalue weighted by Gasteiger charge is -2.26. The molecule has 112 valence electrons. The number of nitrogens with one attached hydrogen (secondary N) is 1. The molecule has 6 heteroatoms. The van der Waals surface area contributed by atoms with E-state index in [9.17, 15) is 4.39 Å². The molecular formula is C16H14FN3S2. The average Bonchev–Trinajstić information content (AvgIpc) is 2.89. The largest absolute Gasteiger partial charge is 0.363 e. The monoisotopic (exact) mass is 331 g/mol. The number of rotatable bonds is 2. The molecule has 1 unspecified atom stereocenters. The van der Waals surface area contributed by atoms with Crippen molar-refractivity contribution >= 4 is 39.1 Å². The van der Waals surface area contributed by atoms with Crippen LogP contribution in [0, 0.1) is 12.7 Å². The maximum atomic E-state index is 13.6. The zero-order valence-corrected chi connectivity index (χ0v) is 13.6. The van der Waals surface area contributed by atoms with Gasteiger partial charge in [-0.05, 0) is 43.2 Å². The van der Waals surface area contributed by atoms with Crippen LogP contribution in [0.2, 0.25) is 0 Å². The number of aromatic nitrogens is 2. The molecule has 0 saturated carbocycles. The first kappa shape index (κ1) is 14.0. The van der Waals surface area contributed by atoms with Crippen LogP contribution in [0.15, 0.2) is 35.5 Å². The molecule has 1 N–H and O–H groups in total. The van der Waals surface area contributed by atoms with Crippen molar-refractivity contribution in [1.29, 1.82) is 0 Å². The third kappa shape index (κ3) is 2.46. The molecule has 0 radical (unpaired) electrons. The summed E-state index contributed by atoms with van der Waals surface area (Å²) in [5.41, 5.74) is 1.02. The van der Waals surface area contributed by atoms with Crippen LogP contribution in [0.25, 0.3) is 10.2 Å². The Bertz CT molecular complexity index is 847. The SMILES string of the molecule is Cc1cc2c(NC3CCSc4ccc(F)cc43)ncnc2s1. The summed E-state index contributed by atoms with van der Waals surface area (Å²) >= 11 is 3.44. The fourth-order valence-electron chi connectivity index (χ4n) is 2.77. The number of anilines is 1. The Morgan fingerprint density at radius 1 is 1.27 bits per heavy atom. The normalized spacial score (nSPS) is 17.5. The molecule has 0 saturated heterocycles. The minimum absolute atomic E-state index is 0.0882. The van der Waals surface area contributed by atoms with Crippen LogP contribution in [0.5, 0.6) is 0 Å². The summed E-state index contributed by atoms with van der Waals surface area (Å²) in [5.74, 6) is 1.67. The fraction of sp³-hybridized carbons (Fsp3) is 0.250. The van der Waals surface area contributed by atoms with Crippen molar-refractivity contribution in [3.05, 3.63) is 46.9 Å². The molecule has 1 aliphatic heterocycles. The Labute approximate surface area is 136 Å². The lowest BCUT2D eigenvalue weighted by Crippen LogP contribution is -2.17. The Kier molecular flexibility index (Phi) is 3.50. The highest BCUT2D eigenvalue weighted by atomic mass is 32.2. The third-order valence-corrected chi connectivity index (χ3v) is 5.86. The highest BCUT2D eigenvalue weighted by molar-refractivity contribution is 7.99. The fourth-order valence-corrected chi connectivity index (χ4v) is 4.72. The quantitative estimate of drug-likeness (QED) is 0.733. The van der Waals surface area contributed by atoms with Crippen molar-refractivity contribution in [2.45, 2.75) is 24.3 Å². The Morgan fingerprint density at radius 3 is 3.09 bits per heavy atom. The van der Waals surface area contributed by atoms with E-state index in [4.69, 9.17) is 0 Å². The summed E-state index contributed by atoms with van der Waals surface area (Å²) in [5, 5.41) is 4.54. The van der Waals surface area contributed by atoms with Gasteiger partial charge < -0.3 is 5.32 Å². The maximum Gasteiger partial charge on any atom is 0.138 e. The summed E-state index contributed by atoms with van der Waals surface area (Å²) < 4.78 is 13.6. The van der Waals surface area contributed by atoms with Crippen LogP contribution in [0.4, 0.5) is 10.2 Å². The zero-order chi connectivity index (χ0) is 15.1. The van der Waals surface area contributed by atoms with Crippen LogP contribution in [-0.2, 0) is 0 Å². The number of fused-ring (bicyclic) bond motifs is 2. The number of hydrogen-bond donors (Lipinski definition) is 1. The maximum absolute atomic E-state index is 13.6. The number of thiophene rings is 1. The van der Waals surface area contributed by atoms with E-state index in [2.05, 4.69) is 28.3 Å². The van der Waals surface area contributed by atoms with Gasteiger partial charge in [0.25, 0.3) is 0 Å². The number of hydrogen-bond acceptors (Lipinski definition) is 5. The summed E-state index contributed by atoms with van der Waals surface area (Å²) in [6.45, 7) is 2.07. The van der Waals surface area contributed by atoms with Gasteiger partial charge in [-0.2, -0.15) is 0 Å². The standard InChI is InChI=1S/C16H14FN3S2/c1-9-6-12-15(18-8-19-16(12)22-9)20-13-4-5-21-14-3-2-10(17)7-11(13)14/h2-3,6-8,13H,4-5H2,1H3,(H,18,19,20). The molecule has 4 rings (SSSR count). The molecule has 0 aliphatic carbocycles. The van der Waals surface area contributed by atoms with E-state index in [0.29, 0.717) is 0 Å². The van der Waals surface area contributed by atoms with Gasteiger partial charge in [0, 0.05) is 15.5 Å². The van der Waals surface area contributed by atoms with Gasteiger partial charge in [-0.3, -0.25) is 0 Å². The van der Waals surface area contributed by atoms with Crippen molar-refractivity contribution in [1.82, 2.24) is 9.97 Å². The lowest BCUT2D eigenvalue weighted by atomic mass is 10.0. The van der Waals surface area contributed by atoms with Crippen molar-refractivity contribution in [2.24, 2.45) is 0 Å². The zero-order valence-electron chi connectivity index (χ0n) is 12.0. The van der Waals surface area contributed by atoms with Crippen molar-refractivity contribution in [2.75, 3.05) is 11.1 Å². The topological polar surface area (TPSA) is 37.8 Å². The van der Waals surface area contributed by atoms with E-state index >= 15 is 0 Å². The first-order chi connectivity index (χ1) is 10.7. The molecule has 0 bridgehead atoms. The van der Waals surface area contributed by atoms with Gasteiger partial charge in [-0.15, -0.1) is 23.1 Å². The van der Waals surface area contributed by atoms with Crippen LogP contribution in [0.1, 0.15) is 22.9 Å². The highest BCUT2D eigenvalue weighted by Gasteiger charge is 2.22. The van der Waals surface area contributed by atoms with Gasteiger partial charge in [0.2, 0.25) is 0 Å². The van der Waals surface area contributed by atoms with E-state index in [1.54, 1.807) is 35.5 Å². The number of thioether (sulfide) groups is 1. The molecule has 1 aromatic carbocycles. The summed E-state index contributed by atoms with van der Waals surface area (Å²) in [7, 11) is 0. The molecule has 3 heterocycles. The van der Waals surface area contributed by atoms with E-state index in [-0.39, 0.29) is 11.9 Å². The molecule has 1 atom stereocenters. The first-order valence-electron chi connectivity index (χ1n) is 7.10. The molecular weight excluding hydrogens is 317 g/mol. The second-order valence-electron chi connectivity index (χ2n) is 5.31. The summed E-state index contributed by atoms with van der Waals surface area (Å²) in [4.78, 5) is 12.1. The lowest BCUT2D eigenvalue weighted by molar-refractivity contribution is 0.616. The molecule has 0 spiro atoms. The summed E-state index contributed by atoms with van der Waals surface area (Å²) in [6.07, 6.45) is 2.54. The Morgan fingerprint density at radius 2 is 2.18 bits per heavy atom. The van der Waals surface area contributed by atoms with Gasteiger partial charge in [-0.25, -0.2) is 14.4 Å². The van der Waals surface area contributed by atoms with Crippen LogP contribution in [0.3, 0.4) is 0 Å². The van der Waals surface area contributed by atoms with Gasteiger partial charge in [0.05, 0.1) is 11.4 Å². The smallest absolute Gasteiger partial charge is 0.138 e. The third-order valence-electron chi connectivity index (χ3n) is 3.77. The predicted octanol–water partition coefficient (Wildman–Crippen LogP) is 4.79. The van der Waals surface area contributed by atoms with Crippen molar-refractivity contribution in [3.63, 3.8) is 0 Å². The van der Waals surface area contributed by atoms with Crippen LogP contribution >= 0.6 is 23.1 Å². The van der Waals surface area contributed by atoms with E-state index in [1.165, 1.54) is 10.9 Å².